The summed E-state index contributed by atoms with van der Waals surface area (Å²) in [4.78, 5) is 11.8. The number of benzene rings is 2. The summed E-state index contributed by atoms with van der Waals surface area (Å²) in [5.41, 5.74) is 1.58. The van der Waals surface area contributed by atoms with Gasteiger partial charge in [0.15, 0.2) is 0 Å². The lowest BCUT2D eigenvalue weighted by Gasteiger charge is -2.07. The molecule has 2 aromatic rings. The summed E-state index contributed by atoms with van der Waals surface area (Å²) in [5.74, 6) is 0.660. The minimum atomic E-state index is -0.356. The lowest BCUT2D eigenvalue weighted by atomic mass is 10.2. The Kier molecular flexibility index (Phi) is 5.47. The number of nitrogens with one attached hydrogen (secondary N) is 1. The van der Waals surface area contributed by atoms with Crippen molar-refractivity contribution in [1.29, 1.82) is 0 Å². The molecule has 0 heterocycles. The van der Waals surface area contributed by atoms with E-state index in [2.05, 4.69) is 5.32 Å². The zero-order valence-electron chi connectivity index (χ0n) is 11.5. The Morgan fingerprint density at radius 1 is 1.29 bits per heavy atom. The number of nitrogens with zero attached hydrogens (tertiary/aromatic N) is 1. The highest BCUT2D eigenvalue weighted by Crippen LogP contribution is 2.30. The van der Waals surface area contributed by atoms with E-state index in [1.165, 1.54) is 0 Å². The first-order chi connectivity index (χ1) is 10.1. The molecule has 0 aliphatic heterocycles. The third-order valence-corrected chi connectivity index (χ3v) is 4.13. The highest BCUT2D eigenvalue weighted by Gasteiger charge is 2.14. The monoisotopic (exact) mass is 322 g/mol. The summed E-state index contributed by atoms with van der Waals surface area (Å²) < 4.78 is 0. The van der Waals surface area contributed by atoms with E-state index < -0.39 is 0 Å². The van der Waals surface area contributed by atoms with Crippen molar-refractivity contribution in [2.75, 3.05) is 11.9 Å². The first kappa shape index (κ1) is 15.7. The molecule has 0 saturated carbocycles. The predicted octanol–water partition coefficient (Wildman–Crippen LogP) is 4.97. The standard InChI is InChI=1S/C15H15ClN2O2S/c1-2-17-14-7-6-11(8-15(14)18(19)20)10-21-13-5-3-4-12(16)9-13/h3-9,17H,2,10H2,1H3. The Morgan fingerprint density at radius 3 is 2.76 bits per heavy atom. The number of halogens is 1. The first-order valence-electron chi connectivity index (χ1n) is 6.49. The zero-order chi connectivity index (χ0) is 15.2. The van der Waals surface area contributed by atoms with Crippen LogP contribution in [-0.2, 0) is 5.75 Å². The second kappa shape index (κ2) is 7.33. The molecule has 0 aliphatic rings. The number of thioether (sulfide) groups is 1. The second-order valence-electron chi connectivity index (χ2n) is 4.38. The van der Waals surface area contributed by atoms with Gasteiger partial charge in [-0.3, -0.25) is 10.1 Å². The van der Waals surface area contributed by atoms with Crippen molar-refractivity contribution in [1.82, 2.24) is 0 Å². The van der Waals surface area contributed by atoms with Crippen molar-refractivity contribution < 1.29 is 4.92 Å². The maximum atomic E-state index is 11.1. The summed E-state index contributed by atoms with van der Waals surface area (Å²) in [5, 5.41) is 14.8. The van der Waals surface area contributed by atoms with Gasteiger partial charge in [-0.1, -0.05) is 23.7 Å². The molecule has 0 aliphatic carbocycles. The molecule has 1 N–H and O–H groups in total. The van der Waals surface area contributed by atoms with E-state index in [9.17, 15) is 10.1 Å². The number of rotatable bonds is 6. The van der Waals surface area contributed by atoms with Crippen molar-refractivity contribution in [2.24, 2.45) is 0 Å². The van der Waals surface area contributed by atoms with Gasteiger partial charge in [0, 0.05) is 28.3 Å². The van der Waals surface area contributed by atoms with E-state index in [1.807, 2.05) is 37.3 Å². The predicted molar refractivity (Wildman–Crippen MR) is 88.3 cm³/mol. The molecule has 0 amide bonds. The van der Waals surface area contributed by atoms with Gasteiger partial charge in [-0.05, 0) is 36.8 Å². The fraction of sp³-hybridized carbons (Fsp3) is 0.200. The van der Waals surface area contributed by atoms with Crippen LogP contribution in [0.15, 0.2) is 47.4 Å². The summed E-state index contributed by atoms with van der Waals surface area (Å²) in [6.07, 6.45) is 0. The first-order valence-corrected chi connectivity index (χ1v) is 7.86. The van der Waals surface area contributed by atoms with E-state index in [0.29, 0.717) is 23.0 Å². The Balaban J connectivity index is 2.13. The van der Waals surface area contributed by atoms with Gasteiger partial charge in [-0.2, -0.15) is 0 Å². The van der Waals surface area contributed by atoms with Crippen LogP contribution in [0, 0.1) is 10.1 Å². The molecule has 110 valence electrons. The van der Waals surface area contributed by atoms with E-state index in [1.54, 1.807) is 23.9 Å². The molecule has 4 nitrogen and oxygen atoms in total. The number of hydrogen-bond donors (Lipinski definition) is 1. The van der Waals surface area contributed by atoms with Crippen molar-refractivity contribution in [3.05, 3.63) is 63.2 Å². The van der Waals surface area contributed by atoms with Gasteiger partial charge in [-0.15, -0.1) is 11.8 Å². The van der Waals surface area contributed by atoms with Gasteiger partial charge in [0.1, 0.15) is 5.69 Å². The van der Waals surface area contributed by atoms with Gasteiger partial charge in [0.2, 0.25) is 0 Å². The highest BCUT2D eigenvalue weighted by atomic mass is 35.5. The van der Waals surface area contributed by atoms with Crippen LogP contribution in [0.4, 0.5) is 11.4 Å². The average molecular weight is 323 g/mol. The SMILES string of the molecule is CCNc1ccc(CSc2cccc(Cl)c2)cc1[N+](=O)[O-]. The fourth-order valence-corrected chi connectivity index (χ4v) is 3.03. The molecule has 0 atom stereocenters. The minimum Gasteiger partial charge on any atom is -0.380 e. The molecule has 0 unspecified atom stereocenters. The van der Waals surface area contributed by atoms with Crippen LogP contribution in [0.5, 0.6) is 0 Å². The van der Waals surface area contributed by atoms with Gasteiger partial charge < -0.3 is 5.32 Å². The van der Waals surface area contributed by atoms with Crippen molar-refractivity contribution in [3.63, 3.8) is 0 Å². The van der Waals surface area contributed by atoms with E-state index in [4.69, 9.17) is 11.6 Å². The Labute approximate surface area is 132 Å². The van der Waals surface area contributed by atoms with E-state index in [0.717, 1.165) is 10.5 Å². The quantitative estimate of drug-likeness (QED) is 0.463. The second-order valence-corrected chi connectivity index (χ2v) is 5.87. The number of anilines is 1. The normalized spacial score (nSPS) is 10.4. The third-order valence-electron chi connectivity index (χ3n) is 2.83. The number of nitro groups is 1. The van der Waals surface area contributed by atoms with Gasteiger partial charge in [-0.25, -0.2) is 0 Å². The number of nitro benzene ring substituents is 1. The van der Waals surface area contributed by atoms with Gasteiger partial charge >= 0.3 is 0 Å². The molecule has 0 fully saturated rings. The molecule has 0 aromatic heterocycles. The molecule has 0 radical (unpaired) electrons. The van der Waals surface area contributed by atoms with Crippen LogP contribution in [-0.4, -0.2) is 11.5 Å². The third kappa shape index (κ3) is 4.37. The summed E-state index contributed by atoms with van der Waals surface area (Å²) in [7, 11) is 0. The largest absolute Gasteiger partial charge is 0.380 e. The van der Waals surface area contributed by atoms with Crippen LogP contribution < -0.4 is 5.32 Å². The highest BCUT2D eigenvalue weighted by molar-refractivity contribution is 7.98. The molecular formula is C15H15ClN2O2S. The maximum absolute atomic E-state index is 11.1. The summed E-state index contributed by atoms with van der Waals surface area (Å²) in [6, 6.07) is 12.8. The minimum absolute atomic E-state index is 0.112. The van der Waals surface area contributed by atoms with Crippen molar-refractivity contribution in [3.8, 4) is 0 Å². The summed E-state index contributed by atoms with van der Waals surface area (Å²) >= 11 is 7.54. The topological polar surface area (TPSA) is 55.2 Å². The van der Waals surface area contributed by atoms with Crippen LogP contribution in [0.2, 0.25) is 5.02 Å². The van der Waals surface area contributed by atoms with E-state index >= 15 is 0 Å². The van der Waals surface area contributed by atoms with Crippen molar-refractivity contribution >= 4 is 34.7 Å². The lowest BCUT2D eigenvalue weighted by molar-refractivity contribution is -0.384. The smallest absolute Gasteiger partial charge is 0.292 e. The fourth-order valence-electron chi connectivity index (χ4n) is 1.88. The molecule has 2 aromatic carbocycles. The summed E-state index contributed by atoms with van der Waals surface area (Å²) in [6.45, 7) is 2.56. The molecular weight excluding hydrogens is 308 g/mol. The van der Waals surface area contributed by atoms with Crippen LogP contribution >= 0.6 is 23.4 Å². The lowest BCUT2D eigenvalue weighted by Crippen LogP contribution is -2.01. The Hall–Kier alpha value is -1.72. The number of hydrogen-bond acceptors (Lipinski definition) is 4. The molecule has 0 saturated heterocycles. The molecule has 2 rings (SSSR count). The maximum Gasteiger partial charge on any atom is 0.292 e. The van der Waals surface area contributed by atoms with Crippen LogP contribution in [0.1, 0.15) is 12.5 Å². The molecule has 6 heteroatoms. The van der Waals surface area contributed by atoms with Gasteiger partial charge in [0.05, 0.1) is 4.92 Å². The molecule has 0 bridgehead atoms. The molecule has 0 spiro atoms. The van der Waals surface area contributed by atoms with Crippen LogP contribution in [0.3, 0.4) is 0 Å². The average Bonchev–Trinajstić information content (AvgIpc) is 2.46. The van der Waals surface area contributed by atoms with E-state index in [-0.39, 0.29) is 10.6 Å². The molecule has 21 heavy (non-hydrogen) atoms. The van der Waals surface area contributed by atoms with Crippen LogP contribution in [0.25, 0.3) is 0 Å². The Morgan fingerprint density at radius 2 is 2.10 bits per heavy atom. The van der Waals surface area contributed by atoms with Crippen molar-refractivity contribution in [2.45, 2.75) is 17.6 Å². The Bertz CT molecular complexity index is 649. The van der Waals surface area contributed by atoms with Gasteiger partial charge in [0.25, 0.3) is 5.69 Å². The zero-order valence-corrected chi connectivity index (χ0v) is 13.1.